The van der Waals surface area contributed by atoms with E-state index in [0.29, 0.717) is 17.0 Å². The van der Waals surface area contributed by atoms with Crippen molar-refractivity contribution in [1.29, 1.82) is 0 Å². The Morgan fingerprint density at radius 2 is 2.00 bits per heavy atom. The molecule has 1 aliphatic rings. The third kappa shape index (κ3) is 3.00. The number of hydrazone groups is 1. The quantitative estimate of drug-likeness (QED) is 0.644. The third-order valence-electron chi connectivity index (χ3n) is 3.63. The summed E-state index contributed by atoms with van der Waals surface area (Å²) >= 11 is 3.41. The van der Waals surface area contributed by atoms with E-state index in [4.69, 9.17) is 4.74 Å². The van der Waals surface area contributed by atoms with Crippen LogP contribution in [0.15, 0.2) is 46.0 Å². The molecule has 0 radical (unpaired) electrons. The largest absolute Gasteiger partial charge is 0.496 e. The van der Waals surface area contributed by atoms with Crippen molar-refractivity contribution in [3.8, 4) is 5.75 Å². The highest BCUT2D eigenvalue weighted by atomic mass is 79.9. The summed E-state index contributed by atoms with van der Waals surface area (Å²) in [5.74, 6) is 0.378. The van der Waals surface area contributed by atoms with Crippen LogP contribution < -0.4 is 10.2 Å². The van der Waals surface area contributed by atoms with Gasteiger partial charge < -0.3 is 4.74 Å². The van der Waals surface area contributed by atoms with Crippen LogP contribution in [0.25, 0.3) is 0 Å². The van der Waals surface area contributed by atoms with E-state index in [2.05, 4.69) is 26.5 Å². The molecule has 0 saturated heterocycles. The third-order valence-corrected chi connectivity index (χ3v) is 4.25. The van der Waals surface area contributed by atoms with E-state index in [9.17, 15) is 14.9 Å². The molecule has 0 saturated carbocycles. The molecule has 0 spiro atoms. The number of halogens is 1. The zero-order chi connectivity index (χ0) is 17.3. The van der Waals surface area contributed by atoms with Gasteiger partial charge in [0.05, 0.1) is 28.6 Å². The first-order valence-corrected chi connectivity index (χ1v) is 7.77. The van der Waals surface area contributed by atoms with Crippen molar-refractivity contribution >= 4 is 33.2 Å². The lowest BCUT2D eigenvalue weighted by molar-refractivity contribution is -0.384. The van der Waals surface area contributed by atoms with Crippen LogP contribution in [-0.2, 0) is 11.2 Å². The molecule has 2 aromatic carbocycles. The molecule has 1 heterocycles. The highest BCUT2D eigenvalue weighted by Crippen LogP contribution is 2.31. The molecule has 0 aromatic heterocycles. The van der Waals surface area contributed by atoms with E-state index in [1.807, 2.05) is 6.07 Å². The minimum atomic E-state index is -0.464. The van der Waals surface area contributed by atoms with Gasteiger partial charge in [-0.25, -0.2) is 5.43 Å². The van der Waals surface area contributed by atoms with E-state index in [1.165, 1.54) is 12.1 Å². The molecular weight excluding hydrogens is 378 g/mol. The topological polar surface area (TPSA) is 93.8 Å². The fourth-order valence-corrected chi connectivity index (χ4v) is 3.02. The summed E-state index contributed by atoms with van der Waals surface area (Å²) in [5, 5.41) is 15.0. The fraction of sp³-hybridized carbons (Fsp3) is 0.125. The molecule has 1 amide bonds. The molecule has 1 aliphatic heterocycles. The number of amides is 1. The van der Waals surface area contributed by atoms with Gasteiger partial charge in [0.25, 0.3) is 5.69 Å². The van der Waals surface area contributed by atoms with E-state index in [-0.39, 0.29) is 18.0 Å². The number of nitro groups is 1. The Bertz CT molecular complexity index is 862. The van der Waals surface area contributed by atoms with Crippen molar-refractivity contribution in [3.05, 3.63) is 67.7 Å². The van der Waals surface area contributed by atoms with Crippen molar-refractivity contribution < 1.29 is 14.5 Å². The standard InChI is InChI=1S/C16H12BrN3O4/c1-24-14-8-12-10(6-13(14)17)7-15(21)18-19-16(12)9-2-4-11(5-3-9)20(22)23/h2-6,8H,7H2,1H3,(H,18,21). The molecule has 8 heteroatoms. The van der Waals surface area contributed by atoms with Crippen LogP contribution in [0.5, 0.6) is 5.75 Å². The van der Waals surface area contributed by atoms with Gasteiger partial charge in [-0.2, -0.15) is 5.10 Å². The second-order valence-electron chi connectivity index (χ2n) is 5.12. The summed E-state index contributed by atoms with van der Waals surface area (Å²) in [5.41, 5.74) is 5.19. The van der Waals surface area contributed by atoms with Crippen molar-refractivity contribution in [3.63, 3.8) is 0 Å². The first-order valence-electron chi connectivity index (χ1n) is 6.97. The van der Waals surface area contributed by atoms with Gasteiger partial charge in [-0.05, 0) is 45.8 Å². The summed E-state index contributed by atoms with van der Waals surface area (Å²) in [7, 11) is 1.55. The molecule has 0 unspecified atom stereocenters. The van der Waals surface area contributed by atoms with Gasteiger partial charge in [-0.3, -0.25) is 14.9 Å². The van der Waals surface area contributed by atoms with E-state index in [1.54, 1.807) is 25.3 Å². The number of methoxy groups -OCH3 is 1. The van der Waals surface area contributed by atoms with Gasteiger partial charge in [-0.15, -0.1) is 0 Å². The van der Waals surface area contributed by atoms with E-state index < -0.39 is 4.92 Å². The van der Waals surface area contributed by atoms with Crippen molar-refractivity contribution in [2.45, 2.75) is 6.42 Å². The van der Waals surface area contributed by atoms with Crippen LogP contribution in [0.4, 0.5) is 5.69 Å². The number of nitrogens with one attached hydrogen (secondary N) is 1. The lowest BCUT2D eigenvalue weighted by Crippen LogP contribution is -2.18. The second kappa shape index (κ2) is 6.40. The number of non-ortho nitro benzene ring substituents is 1. The number of benzene rings is 2. The Hall–Kier alpha value is -2.74. The Morgan fingerprint density at radius 3 is 2.62 bits per heavy atom. The number of carbonyl (C=O) groups excluding carboxylic acids is 1. The number of carbonyl (C=O) groups is 1. The summed E-state index contributed by atoms with van der Waals surface area (Å²) in [6, 6.07) is 9.63. The van der Waals surface area contributed by atoms with Crippen LogP contribution in [0.2, 0.25) is 0 Å². The molecule has 122 valence electrons. The van der Waals surface area contributed by atoms with Crippen LogP contribution >= 0.6 is 15.9 Å². The maximum absolute atomic E-state index is 11.9. The van der Waals surface area contributed by atoms with Gasteiger partial charge in [0.15, 0.2) is 0 Å². The Kier molecular flexibility index (Phi) is 4.30. The van der Waals surface area contributed by atoms with Crippen molar-refractivity contribution in [2.75, 3.05) is 7.11 Å². The van der Waals surface area contributed by atoms with Gasteiger partial charge >= 0.3 is 0 Å². The van der Waals surface area contributed by atoms with Crippen LogP contribution in [-0.4, -0.2) is 23.7 Å². The summed E-state index contributed by atoms with van der Waals surface area (Å²) in [4.78, 5) is 22.2. The highest BCUT2D eigenvalue weighted by Gasteiger charge is 2.21. The van der Waals surface area contributed by atoms with Crippen LogP contribution in [0.3, 0.4) is 0 Å². The predicted molar refractivity (Wildman–Crippen MR) is 91.3 cm³/mol. The lowest BCUT2D eigenvalue weighted by Gasteiger charge is -2.12. The molecule has 0 bridgehead atoms. The maximum atomic E-state index is 11.9. The number of nitrogens with zero attached hydrogens (tertiary/aromatic N) is 2. The van der Waals surface area contributed by atoms with Crippen molar-refractivity contribution in [1.82, 2.24) is 5.43 Å². The molecule has 0 fully saturated rings. The molecule has 2 aromatic rings. The van der Waals surface area contributed by atoms with Gasteiger partial charge in [-0.1, -0.05) is 0 Å². The van der Waals surface area contributed by atoms with Crippen LogP contribution in [0, 0.1) is 10.1 Å². The average Bonchev–Trinajstić information content (AvgIpc) is 2.72. The number of hydrogen-bond donors (Lipinski definition) is 1. The predicted octanol–water partition coefficient (Wildman–Crippen LogP) is 2.79. The van der Waals surface area contributed by atoms with Gasteiger partial charge in [0.2, 0.25) is 5.91 Å². The highest BCUT2D eigenvalue weighted by molar-refractivity contribution is 9.10. The molecular formula is C16H12BrN3O4. The first-order chi connectivity index (χ1) is 11.5. The summed E-state index contributed by atoms with van der Waals surface area (Å²) in [6.07, 6.45) is 0.178. The molecule has 3 rings (SSSR count). The normalized spacial score (nSPS) is 13.4. The Labute approximate surface area is 145 Å². The fourth-order valence-electron chi connectivity index (χ4n) is 2.47. The lowest BCUT2D eigenvalue weighted by atomic mass is 9.95. The van der Waals surface area contributed by atoms with Crippen molar-refractivity contribution in [2.24, 2.45) is 5.10 Å². The Morgan fingerprint density at radius 1 is 1.29 bits per heavy atom. The zero-order valence-electron chi connectivity index (χ0n) is 12.6. The molecule has 1 N–H and O–H groups in total. The number of ether oxygens (including phenoxy) is 1. The second-order valence-corrected chi connectivity index (χ2v) is 5.97. The minimum absolute atomic E-state index is 0.00869. The summed E-state index contributed by atoms with van der Waals surface area (Å²) in [6.45, 7) is 0. The van der Waals surface area contributed by atoms with E-state index >= 15 is 0 Å². The Balaban J connectivity index is 2.14. The summed E-state index contributed by atoms with van der Waals surface area (Å²) < 4.78 is 6.05. The smallest absolute Gasteiger partial charge is 0.269 e. The number of nitro benzene ring substituents is 1. The van der Waals surface area contributed by atoms with Gasteiger partial charge in [0.1, 0.15) is 5.75 Å². The minimum Gasteiger partial charge on any atom is -0.496 e. The molecule has 0 aliphatic carbocycles. The SMILES string of the molecule is COc1cc2c(cc1Br)CC(=O)NN=C2c1ccc([N+](=O)[O-])cc1. The van der Waals surface area contributed by atoms with Crippen LogP contribution in [0.1, 0.15) is 16.7 Å². The monoisotopic (exact) mass is 389 g/mol. The molecule has 0 atom stereocenters. The molecule has 7 nitrogen and oxygen atoms in total. The number of fused-ring (bicyclic) bond motifs is 1. The van der Waals surface area contributed by atoms with Gasteiger partial charge in [0, 0.05) is 23.3 Å². The average molecular weight is 390 g/mol. The molecule has 24 heavy (non-hydrogen) atoms. The first kappa shape index (κ1) is 16.1. The maximum Gasteiger partial charge on any atom is 0.269 e. The zero-order valence-corrected chi connectivity index (χ0v) is 14.2. The number of rotatable bonds is 3. The van der Waals surface area contributed by atoms with E-state index in [0.717, 1.165) is 15.6 Å². The number of hydrogen-bond acceptors (Lipinski definition) is 5.